The van der Waals surface area contributed by atoms with Crippen LogP contribution in [0.15, 0.2) is 60.8 Å². The summed E-state index contributed by atoms with van der Waals surface area (Å²) in [4.78, 5) is 40.0. The van der Waals surface area contributed by atoms with Crippen molar-refractivity contribution in [1.29, 1.82) is 0 Å². The zero-order chi connectivity index (χ0) is 57.2. The maximum Gasteiger partial charge on any atom is 0.306 e. The number of nitrogens with one attached hydrogen (secondary N) is 1. The number of carbonyl (C=O) groups is 2. The molecule has 0 heterocycles. The van der Waals surface area contributed by atoms with Crippen LogP contribution in [0.3, 0.4) is 0 Å². The molecule has 0 bridgehead atoms. The van der Waals surface area contributed by atoms with Crippen LogP contribution >= 0.6 is 7.82 Å². The van der Waals surface area contributed by atoms with Gasteiger partial charge in [0.1, 0.15) is 19.3 Å². The number of likely N-dealkylation sites (N-methyl/N-ethyl adjacent to an activating group) is 1. The van der Waals surface area contributed by atoms with Gasteiger partial charge in [-0.05, 0) is 96.0 Å². The lowest BCUT2D eigenvalue weighted by atomic mass is 10.0. The monoisotopic (exact) mass is 1110 g/mol. The van der Waals surface area contributed by atoms with E-state index in [-0.39, 0.29) is 24.9 Å². The van der Waals surface area contributed by atoms with Gasteiger partial charge in [0.15, 0.2) is 0 Å². The summed E-state index contributed by atoms with van der Waals surface area (Å²) in [6.45, 7) is 6.82. The van der Waals surface area contributed by atoms with Crippen molar-refractivity contribution in [3.05, 3.63) is 60.8 Å². The first-order valence-electron chi connectivity index (χ1n) is 33.1. The first kappa shape index (κ1) is 75.7. The molecule has 3 unspecified atom stereocenters. The van der Waals surface area contributed by atoms with Crippen molar-refractivity contribution < 1.29 is 37.3 Å². The fourth-order valence-corrected chi connectivity index (χ4v) is 10.2. The number of ether oxygens (including phenoxy) is 1. The van der Waals surface area contributed by atoms with Crippen molar-refractivity contribution in [1.82, 2.24) is 5.32 Å². The maximum absolute atomic E-state index is 13.5. The molecule has 0 aliphatic heterocycles. The average Bonchev–Trinajstić information content (AvgIpc) is 3.41. The highest BCUT2D eigenvalue weighted by Crippen LogP contribution is 2.38. The molecular formula is C68H127N2O7P. The molecule has 1 N–H and O–H groups in total. The molecule has 78 heavy (non-hydrogen) atoms. The van der Waals surface area contributed by atoms with Gasteiger partial charge in [0.05, 0.1) is 33.8 Å². The Balaban J connectivity index is 5.08. The summed E-state index contributed by atoms with van der Waals surface area (Å²) in [5, 5.41) is 3.03. The summed E-state index contributed by atoms with van der Waals surface area (Å²) < 4.78 is 30.3. The van der Waals surface area contributed by atoms with Crippen molar-refractivity contribution >= 4 is 19.7 Å². The van der Waals surface area contributed by atoms with Gasteiger partial charge in [-0.2, -0.15) is 0 Å². The molecule has 10 heteroatoms. The molecule has 0 radical (unpaired) electrons. The van der Waals surface area contributed by atoms with Crippen molar-refractivity contribution in [3.8, 4) is 0 Å². The van der Waals surface area contributed by atoms with Crippen LogP contribution in [-0.2, 0) is 27.9 Å². The number of rotatable bonds is 60. The lowest BCUT2D eigenvalue weighted by Gasteiger charge is -2.30. The summed E-state index contributed by atoms with van der Waals surface area (Å²) >= 11 is 0. The number of esters is 1. The van der Waals surface area contributed by atoms with Crippen LogP contribution in [0, 0.1) is 0 Å². The zero-order valence-electron chi connectivity index (χ0n) is 52.1. The number of carbonyl (C=O) groups excluding carboxylic acids is 2. The standard InChI is InChI=1S/C68H127N2O7P/c1-7-10-13-16-19-22-25-27-29-31-32-33-34-35-36-37-38-39-41-43-46-49-52-55-58-61-68(72)77-66(59-56-53-50-47-44-24-21-18-15-12-9-3)65(64-76-78(73,74)75-63-62-70(4,5)6)69-67(71)60-57-54-51-48-45-42-40-30-28-26-23-20-17-14-11-8-2/h19,22,27,29-30,32-33,40,56,59,65-66H,7-18,20-21,23-26,28,31,34-39,41-55,57-58,60-64H2,1-6H3,(H-,69,71,73,74)/b22-19-,29-27-,33-32-,40-30+,59-56-. The van der Waals surface area contributed by atoms with Gasteiger partial charge in [0.25, 0.3) is 7.82 Å². The zero-order valence-corrected chi connectivity index (χ0v) is 53.0. The van der Waals surface area contributed by atoms with Crippen LogP contribution in [0.25, 0.3) is 0 Å². The number of hydrogen-bond acceptors (Lipinski definition) is 7. The summed E-state index contributed by atoms with van der Waals surface area (Å²) in [7, 11) is 1.18. The molecule has 0 aliphatic carbocycles. The molecule has 3 atom stereocenters. The first-order valence-corrected chi connectivity index (χ1v) is 34.6. The molecular weight excluding hydrogens is 988 g/mol. The van der Waals surface area contributed by atoms with Crippen LogP contribution in [0.5, 0.6) is 0 Å². The molecule has 0 aromatic rings. The van der Waals surface area contributed by atoms with Crippen LogP contribution in [-0.4, -0.2) is 69.4 Å². The Hall–Kier alpha value is -2.29. The smallest absolute Gasteiger partial charge is 0.306 e. The van der Waals surface area contributed by atoms with Gasteiger partial charge < -0.3 is 28.5 Å². The highest BCUT2D eigenvalue weighted by molar-refractivity contribution is 7.45. The molecule has 0 rings (SSSR count). The van der Waals surface area contributed by atoms with Crippen LogP contribution in [0.1, 0.15) is 310 Å². The van der Waals surface area contributed by atoms with Gasteiger partial charge in [-0.25, -0.2) is 0 Å². The van der Waals surface area contributed by atoms with Crippen LogP contribution < -0.4 is 10.2 Å². The van der Waals surface area contributed by atoms with E-state index in [4.69, 9.17) is 13.8 Å². The third-order valence-electron chi connectivity index (χ3n) is 14.7. The highest BCUT2D eigenvalue weighted by atomic mass is 31.2. The fourth-order valence-electron chi connectivity index (χ4n) is 9.52. The summed E-state index contributed by atoms with van der Waals surface area (Å²) in [6, 6.07) is -0.893. The van der Waals surface area contributed by atoms with E-state index in [0.29, 0.717) is 17.4 Å². The minimum Gasteiger partial charge on any atom is -0.756 e. The van der Waals surface area contributed by atoms with E-state index in [1.165, 1.54) is 186 Å². The van der Waals surface area contributed by atoms with Crippen LogP contribution in [0.4, 0.5) is 0 Å². The van der Waals surface area contributed by atoms with Gasteiger partial charge in [-0.3, -0.25) is 14.2 Å². The predicted molar refractivity (Wildman–Crippen MR) is 335 cm³/mol. The second kappa shape index (κ2) is 57.9. The van der Waals surface area contributed by atoms with E-state index in [1.54, 1.807) is 0 Å². The number of allylic oxidation sites excluding steroid dienone is 9. The molecule has 0 spiro atoms. The van der Waals surface area contributed by atoms with E-state index >= 15 is 0 Å². The Kier molecular flexibility index (Phi) is 56.2. The summed E-state index contributed by atoms with van der Waals surface area (Å²) in [5.74, 6) is -0.545. The van der Waals surface area contributed by atoms with Gasteiger partial charge in [0.2, 0.25) is 5.91 Å². The Labute approximate surface area is 483 Å². The number of phosphoric ester groups is 1. The molecule has 0 fully saturated rings. The summed E-state index contributed by atoms with van der Waals surface area (Å²) in [6.07, 6.45) is 73.4. The minimum atomic E-state index is -4.70. The fraction of sp³-hybridized carbons (Fsp3) is 0.824. The molecule has 0 saturated heterocycles. The van der Waals surface area contributed by atoms with E-state index in [1.807, 2.05) is 33.3 Å². The second-order valence-corrected chi connectivity index (χ2v) is 25.0. The molecule has 0 aromatic carbocycles. The largest absolute Gasteiger partial charge is 0.756 e. The first-order chi connectivity index (χ1) is 37.9. The Bertz CT molecular complexity index is 1520. The Morgan fingerprint density at radius 3 is 1.21 bits per heavy atom. The van der Waals surface area contributed by atoms with Crippen molar-refractivity contribution in [3.63, 3.8) is 0 Å². The van der Waals surface area contributed by atoms with Gasteiger partial charge >= 0.3 is 5.97 Å². The second-order valence-electron chi connectivity index (χ2n) is 23.6. The van der Waals surface area contributed by atoms with Crippen molar-refractivity contribution in [2.75, 3.05) is 40.9 Å². The number of hydrogen-bond donors (Lipinski definition) is 1. The maximum atomic E-state index is 13.5. The van der Waals surface area contributed by atoms with Gasteiger partial charge in [0, 0.05) is 12.8 Å². The molecule has 456 valence electrons. The van der Waals surface area contributed by atoms with Crippen LogP contribution in [0.2, 0.25) is 0 Å². The number of nitrogens with zero attached hydrogens (tertiary/aromatic N) is 1. The van der Waals surface area contributed by atoms with E-state index in [9.17, 15) is 19.0 Å². The average molecular weight is 1120 g/mol. The predicted octanol–water partition coefficient (Wildman–Crippen LogP) is 20.0. The lowest BCUT2D eigenvalue weighted by Crippen LogP contribution is -2.47. The number of amides is 1. The third-order valence-corrected chi connectivity index (χ3v) is 15.6. The minimum absolute atomic E-state index is 0.0244. The lowest BCUT2D eigenvalue weighted by molar-refractivity contribution is -0.870. The SMILES string of the molecule is CCCCC/C=C\C/C=C\C/C=C\CCCCCCCCCCCCCCC(=O)OC(/C=C\CCCCCCCCCCC)C(COP(=O)([O-])OCC[N+](C)(C)C)NC(=O)CCCCCCC/C=C/CCCCCCCCC. The number of phosphoric acid groups is 1. The number of unbranched alkanes of at least 4 members (excludes halogenated alkanes) is 36. The molecule has 9 nitrogen and oxygen atoms in total. The third kappa shape index (κ3) is 58.4. The molecule has 1 amide bonds. The molecule has 0 saturated carbocycles. The van der Waals surface area contributed by atoms with E-state index in [0.717, 1.165) is 89.9 Å². The van der Waals surface area contributed by atoms with Gasteiger partial charge in [-0.15, -0.1) is 0 Å². The normalized spacial score (nSPS) is 14.0. The van der Waals surface area contributed by atoms with E-state index in [2.05, 4.69) is 74.7 Å². The quantitative estimate of drug-likeness (QED) is 0.0212. The Morgan fingerprint density at radius 2 is 0.782 bits per heavy atom. The molecule has 0 aromatic heterocycles. The van der Waals surface area contributed by atoms with Gasteiger partial charge in [-0.1, -0.05) is 262 Å². The topological polar surface area (TPSA) is 114 Å². The number of quaternary nitrogens is 1. The van der Waals surface area contributed by atoms with Crippen molar-refractivity contribution in [2.45, 2.75) is 322 Å². The summed E-state index contributed by atoms with van der Waals surface area (Å²) in [5.41, 5.74) is 0. The van der Waals surface area contributed by atoms with Crippen molar-refractivity contribution in [2.24, 2.45) is 0 Å². The highest BCUT2D eigenvalue weighted by Gasteiger charge is 2.27. The van der Waals surface area contributed by atoms with E-state index < -0.39 is 26.6 Å². The molecule has 0 aliphatic rings. The Morgan fingerprint density at radius 1 is 0.449 bits per heavy atom.